The highest BCUT2D eigenvalue weighted by Crippen LogP contribution is 2.54. The molecule has 0 bridgehead atoms. The van der Waals surface area contributed by atoms with E-state index in [-0.39, 0.29) is 5.41 Å². The van der Waals surface area contributed by atoms with E-state index in [4.69, 9.17) is 0 Å². The highest BCUT2D eigenvalue weighted by Gasteiger charge is 2.38. The molecular formula is C53H36. The van der Waals surface area contributed by atoms with E-state index >= 15 is 0 Å². The van der Waals surface area contributed by atoms with Crippen molar-refractivity contribution in [2.45, 2.75) is 19.3 Å². The van der Waals surface area contributed by atoms with Crippen molar-refractivity contribution in [3.8, 4) is 44.5 Å². The van der Waals surface area contributed by atoms with Gasteiger partial charge in [-0.3, -0.25) is 0 Å². The van der Waals surface area contributed by atoms with Crippen LogP contribution >= 0.6 is 0 Å². The molecule has 0 aromatic heterocycles. The van der Waals surface area contributed by atoms with Crippen molar-refractivity contribution in [3.05, 3.63) is 193 Å². The van der Waals surface area contributed by atoms with Gasteiger partial charge in [0.15, 0.2) is 0 Å². The largest absolute Gasteiger partial charge is 0.0616 e. The number of fused-ring (bicyclic) bond motifs is 10. The van der Waals surface area contributed by atoms with Gasteiger partial charge in [0.2, 0.25) is 0 Å². The van der Waals surface area contributed by atoms with Gasteiger partial charge in [0.05, 0.1) is 0 Å². The van der Waals surface area contributed by atoms with Crippen LogP contribution in [0.25, 0.3) is 98.4 Å². The Labute approximate surface area is 309 Å². The molecule has 0 atom stereocenters. The minimum atomic E-state index is -0.130. The van der Waals surface area contributed by atoms with E-state index in [2.05, 4.69) is 196 Å². The van der Waals surface area contributed by atoms with Crippen LogP contribution in [0, 0.1) is 0 Å². The molecule has 0 aliphatic heterocycles. The lowest BCUT2D eigenvalue weighted by molar-refractivity contribution is 0.662. The van der Waals surface area contributed by atoms with Crippen LogP contribution in [0.15, 0.2) is 182 Å². The molecule has 0 N–H and O–H groups in total. The first kappa shape index (κ1) is 30.2. The first-order valence-corrected chi connectivity index (χ1v) is 18.7. The smallest absolute Gasteiger partial charge is 0.0165 e. The maximum Gasteiger partial charge on any atom is 0.0165 e. The van der Waals surface area contributed by atoms with Crippen LogP contribution in [0.1, 0.15) is 25.0 Å². The van der Waals surface area contributed by atoms with E-state index in [1.165, 1.54) is 109 Å². The van der Waals surface area contributed by atoms with Crippen molar-refractivity contribution < 1.29 is 0 Å². The number of rotatable bonds is 3. The molecule has 0 heterocycles. The summed E-state index contributed by atoms with van der Waals surface area (Å²) in [5.41, 5.74) is 13.1. The second-order valence-electron chi connectivity index (χ2n) is 15.2. The Morgan fingerprint density at radius 2 is 0.792 bits per heavy atom. The molecule has 0 nitrogen and oxygen atoms in total. The van der Waals surface area contributed by atoms with Gasteiger partial charge in [-0.25, -0.2) is 0 Å². The highest BCUT2D eigenvalue weighted by molar-refractivity contribution is 6.22. The predicted octanol–water partition coefficient (Wildman–Crippen LogP) is 14.8. The molecule has 11 rings (SSSR count). The lowest BCUT2D eigenvalue weighted by Gasteiger charge is -2.25. The minimum Gasteiger partial charge on any atom is -0.0616 e. The molecule has 0 unspecified atom stereocenters. The van der Waals surface area contributed by atoms with E-state index < -0.39 is 0 Å². The molecule has 0 heteroatoms. The molecule has 0 fully saturated rings. The van der Waals surface area contributed by atoms with Crippen molar-refractivity contribution in [3.63, 3.8) is 0 Å². The normalized spacial score (nSPS) is 13.2. The maximum atomic E-state index is 2.43. The highest BCUT2D eigenvalue weighted by atomic mass is 14.4. The molecule has 1 aliphatic rings. The summed E-state index contributed by atoms with van der Waals surface area (Å²) in [5.74, 6) is 0. The number of hydrogen-bond donors (Lipinski definition) is 0. The summed E-state index contributed by atoms with van der Waals surface area (Å²) in [4.78, 5) is 0. The molecule has 0 spiro atoms. The lowest BCUT2D eigenvalue weighted by Crippen LogP contribution is -2.16. The molecule has 53 heavy (non-hydrogen) atoms. The quantitative estimate of drug-likeness (QED) is 0.129. The average molecular weight is 673 g/mol. The van der Waals surface area contributed by atoms with Crippen LogP contribution in [0.5, 0.6) is 0 Å². The van der Waals surface area contributed by atoms with Crippen molar-refractivity contribution in [1.29, 1.82) is 0 Å². The first-order valence-electron chi connectivity index (χ1n) is 18.7. The molecule has 0 saturated carbocycles. The van der Waals surface area contributed by atoms with E-state index in [1.807, 2.05) is 0 Å². The number of benzene rings is 10. The molecule has 0 amide bonds. The zero-order valence-corrected chi connectivity index (χ0v) is 29.8. The maximum absolute atomic E-state index is 2.43. The molecular weight excluding hydrogens is 637 g/mol. The second-order valence-corrected chi connectivity index (χ2v) is 15.2. The van der Waals surface area contributed by atoms with Gasteiger partial charge in [0.25, 0.3) is 0 Å². The third kappa shape index (κ3) is 4.36. The molecule has 248 valence electrons. The van der Waals surface area contributed by atoms with Crippen LogP contribution in [-0.4, -0.2) is 0 Å². The number of hydrogen-bond acceptors (Lipinski definition) is 0. The molecule has 10 aromatic carbocycles. The first-order chi connectivity index (χ1) is 26.1. The Morgan fingerprint density at radius 1 is 0.302 bits per heavy atom. The minimum absolute atomic E-state index is 0.130. The van der Waals surface area contributed by atoms with Crippen LogP contribution in [0.3, 0.4) is 0 Å². The van der Waals surface area contributed by atoms with Crippen molar-refractivity contribution in [2.75, 3.05) is 0 Å². The Morgan fingerprint density at radius 3 is 1.49 bits per heavy atom. The van der Waals surface area contributed by atoms with Crippen LogP contribution in [0.4, 0.5) is 0 Å². The van der Waals surface area contributed by atoms with E-state index in [0.717, 1.165) is 0 Å². The Balaban J connectivity index is 1.12. The molecule has 0 saturated heterocycles. The SMILES string of the molecule is CC1(C)c2ccc3ccccc3c2-c2cccc(-c3cccc(-c4c5ccccc5c(-c5ccc6c(ccc7ccccc76)c5)c5ccccc45)c3)c21. The van der Waals surface area contributed by atoms with Gasteiger partial charge in [-0.05, 0) is 122 Å². The summed E-state index contributed by atoms with van der Waals surface area (Å²) in [6, 6.07) is 67.9. The fraction of sp³-hybridized carbons (Fsp3) is 0.0566. The summed E-state index contributed by atoms with van der Waals surface area (Å²) in [6.07, 6.45) is 0. The van der Waals surface area contributed by atoms with E-state index in [9.17, 15) is 0 Å². The third-order valence-electron chi connectivity index (χ3n) is 12.0. The fourth-order valence-electron chi connectivity index (χ4n) is 9.65. The third-order valence-corrected chi connectivity index (χ3v) is 12.0. The van der Waals surface area contributed by atoms with E-state index in [0.29, 0.717) is 0 Å². The Kier molecular flexibility index (Phi) is 6.40. The van der Waals surface area contributed by atoms with Gasteiger partial charge in [0, 0.05) is 5.41 Å². The second kappa shape index (κ2) is 11.2. The molecule has 0 radical (unpaired) electrons. The van der Waals surface area contributed by atoms with Crippen LogP contribution in [-0.2, 0) is 5.41 Å². The van der Waals surface area contributed by atoms with Gasteiger partial charge < -0.3 is 0 Å². The zero-order chi connectivity index (χ0) is 35.3. The monoisotopic (exact) mass is 672 g/mol. The zero-order valence-electron chi connectivity index (χ0n) is 29.8. The fourth-order valence-corrected chi connectivity index (χ4v) is 9.65. The summed E-state index contributed by atoms with van der Waals surface area (Å²) in [7, 11) is 0. The standard InChI is InChI=1S/C53H36/c1-53(2)48-30-28-34-14-4-6-18-41(34)51(48)47-24-12-23-42(52(47)53)35-15-11-16-37(31-35)49-43-19-7-9-21-45(43)50(46-22-10-8-20-44(46)49)38-27-29-40-36(32-38)26-25-33-13-3-5-17-39(33)40/h3-32H,1-2H3. The molecule has 1 aliphatic carbocycles. The summed E-state index contributed by atoms with van der Waals surface area (Å²) in [6.45, 7) is 4.80. The summed E-state index contributed by atoms with van der Waals surface area (Å²) >= 11 is 0. The lowest BCUT2D eigenvalue weighted by atomic mass is 9.78. The van der Waals surface area contributed by atoms with Gasteiger partial charge in [0.1, 0.15) is 0 Å². The van der Waals surface area contributed by atoms with Crippen LogP contribution in [0.2, 0.25) is 0 Å². The average Bonchev–Trinajstić information content (AvgIpc) is 3.46. The topological polar surface area (TPSA) is 0 Å². The van der Waals surface area contributed by atoms with Crippen LogP contribution < -0.4 is 0 Å². The molecule has 10 aromatic rings. The van der Waals surface area contributed by atoms with Crippen molar-refractivity contribution in [1.82, 2.24) is 0 Å². The Hall–Kier alpha value is -6.50. The summed E-state index contributed by atoms with van der Waals surface area (Å²) in [5, 5.41) is 12.8. The van der Waals surface area contributed by atoms with Crippen molar-refractivity contribution >= 4 is 53.9 Å². The summed E-state index contributed by atoms with van der Waals surface area (Å²) < 4.78 is 0. The van der Waals surface area contributed by atoms with Crippen molar-refractivity contribution in [2.24, 2.45) is 0 Å². The van der Waals surface area contributed by atoms with Gasteiger partial charge in [-0.15, -0.1) is 0 Å². The van der Waals surface area contributed by atoms with Gasteiger partial charge >= 0.3 is 0 Å². The predicted molar refractivity (Wildman–Crippen MR) is 228 cm³/mol. The van der Waals surface area contributed by atoms with E-state index in [1.54, 1.807) is 0 Å². The Bertz CT molecular complexity index is 3080. The van der Waals surface area contributed by atoms with Gasteiger partial charge in [-0.1, -0.05) is 184 Å². The van der Waals surface area contributed by atoms with Gasteiger partial charge in [-0.2, -0.15) is 0 Å².